The lowest BCUT2D eigenvalue weighted by Gasteiger charge is -2.35. The van der Waals surface area contributed by atoms with Gasteiger partial charge in [-0.05, 0) is 81.0 Å². The highest BCUT2D eigenvalue weighted by molar-refractivity contribution is 9.10. The zero-order valence-corrected chi connectivity index (χ0v) is 28.1. The van der Waals surface area contributed by atoms with Crippen LogP contribution < -0.4 is 5.56 Å². The average molecular weight is 752 g/mol. The summed E-state index contributed by atoms with van der Waals surface area (Å²) >= 11 is 2.92. The number of hydrogen-bond acceptors (Lipinski definition) is 6. The van der Waals surface area contributed by atoms with Gasteiger partial charge in [-0.2, -0.15) is 18.3 Å². The maximum atomic E-state index is 14.3. The summed E-state index contributed by atoms with van der Waals surface area (Å²) in [5.41, 5.74) is 1.36. The lowest BCUT2D eigenvalue weighted by atomic mass is 9.97. The van der Waals surface area contributed by atoms with E-state index in [1.807, 2.05) is 0 Å². The van der Waals surface area contributed by atoms with Crippen LogP contribution in [0.1, 0.15) is 62.9 Å². The summed E-state index contributed by atoms with van der Waals surface area (Å²) in [7, 11) is -3.47. The molecule has 0 radical (unpaired) electrons. The number of fused-ring (bicyclic) bond motifs is 3. The van der Waals surface area contributed by atoms with E-state index < -0.39 is 44.1 Å². The minimum atomic E-state index is -4.79. The van der Waals surface area contributed by atoms with Crippen molar-refractivity contribution in [1.29, 1.82) is 0 Å². The zero-order valence-electron chi connectivity index (χ0n) is 25.6. The molecule has 48 heavy (non-hydrogen) atoms. The number of carbonyl (C=O) groups is 2. The standard InChI is InChI=1S/C31H30BrF3N5O7P/c1-17-11-23-26(15-38(17)29(42)20-7-10-25(32)24(13-20)31(33,34)35)40-27(21(14-36-40)12-18-3-4-18)39(30(23)43)22-8-5-19(6-9-22)28(41)37(2)16-47-48(44,45)46/h5-10,13-14,17-18H,3-4,11-12,15-16H2,1-2H3,(H2,44,45,46)/t17-/m0/s1. The number of alkyl halides is 3. The molecule has 0 bridgehead atoms. The van der Waals surface area contributed by atoms with E-state index in [4.69, 9.17) is 9.79 Å². The first-order chi connectivity index (χ1) is 22.5. The van der Waals surface area contributed by atoms with Gasteiger partial charge >= 0.3 is 14.0 Å². The minimum absolute atomic E-state index is 0.0552. The summed E-state index contributed by atoms with van der Waals surface area (Å²) in [4.78, 5) is 61.1. The summed E-state index contributed by atoms with van der Waals surface area (Å²) in [6.07, 6.45) is -0.115. The molecule has 1 atom stereocenters. The number of aromatic nitrogens is 3. The maximum absolute atomic E-state index is 14.3. The predicted octanol–water partition coefficient (Wildman–Crippen LogP) is 4.94. The van der Waals surface area contributed by atoms with Crippen molar-refractivity contribution in [3.63, 3.8) is 0 Å². The number of rotatable bonds is 8. The van der Waals surface area contributed by atoms with Gasteiger partial charge in [-0.3, -0.25) is 23.5 Å². The van der Waals surface area contributed by atoms with E-state index >= 15 is 0 Å². The second-order valence-electron chi connectivity index (χ2n) is 12.1. The lowest BCUT2D eigenvalue weighted by molar-refractivity contribution is -0.138. The van der Waals surface area contributed by atoms with Gasteiger partial charge in [0, 0.05) is 39.8 Å². The highest BCUT2D eigenvalue weighted by Crippen LogP contribution is 2.38. The SMILES string of the molecule is C[C@H]1Cc2c(n3ncc(CC4CC4)c3n(-c3ccc(C(=O)N(C)COP(=O)(O)O)cc3)c2=O)CN1C(=O)c1ccc(Br)c(C(F)(F)F)c1. The number of phosphoric acid groups is 1. The van der Waals surface area contributed by atoms with Gasteiger partial charge in [0.2, 0.25) is 0 Å². The first-order valence-corrected chi connectivity index (χ1v) is 17.2. The van der Waals surface area contributed by atoms with E-state index in [1.54, 1.807) is 29.8 Å². The molecule has 17 heteroatoms. The topological polar surface area (TPSA) is 147 Å². The van der Waals surface area contributed by atoms with Crippen LogP contribution in [0, 0.1) is 5.92 Å². The molecular formula is C31H30BrF3N5O7P. The van der Waals surface area contributed by atoms with Crippen LogP contribution in [0.15, 0.2) is 57.9 Å². The van der Waals surface area contributed by atoms with E-state index in [2.05, 4.69) is 25.6 Å². The molecule has 6 rings (SSSR count). The molecule has 0 saturated heterocycles. The van der Waals surface area contributed by atoms with E-state index in [-0.39, 0.29) is 34.1 Å². The van der Waals surface area contributed by atoms with E-state index in [9.17, 15) is 32.1 Å². The number of nitrogens with zero attached hydrogens (tertiary/aromatic N) is 5. The second kappa shape index (κ2) is 12.6. The maximum Gasteiger partial charge on any atom is 0.471 e. The Morgan fingerprint density at radius 3 is 2.42 bits per heavy atom. The number of phosphoric ester groups is 1. The Labute approximate surface area is 280 Å². The van der Waals surface area contributed by atoms with E-state index in [0.29, 0.717) is 34.9 Å². The molecule has 1 aliphatic carbocycles. The number of carbonyl (C=O) groups excluding carboxylic acids is 2. The summed E-state index contributed by atoms with van der Waals surface area (Å²) < 4.78 is 59.3. The molecule has 0 spiro atoms. The average Bonchev–Trinajstić information content (AvgIpc) is 3.76. The third-order valence-corrected chi connectivity index (χ3v) is 9.71. The molecule has 4 aromatic rings. The molecule has 2 aromatic carbocycles. The molecule has 1 saturated carbocycles. The van der Waals surface area contributed by atoms with Gasteiger partial charge in [0.25, 0.3) is 17.4 Å². The Morgan fingerprint density at radius 2 is 1.79 bits per heavy atom. The fourth-order valence-corrected chi connectivity index (χ4v) is 6.70. The molecule has 3 heterocycles. The lowest BCUT2D eigenvalue weighted by Crippen LogP contribution is -2.46. The quantitative estimate of drug-likeness (QED) is 0.190. The monoisotopic (exact) mass is 751 g/mol. The number of hydrogen-bond donors (Lipinski definition) is 2. The van der Waals surface area contributed by atoms with Crippen molar-refractivity contribution < 1.29 is 41.6 Å². The van der Waals surface area contributed by atoms with Crippen LogP contribution in [0.3, 0.4) is 0 Å². The molecule has 2 N–H and O–H groups in total. The van der Waals surface area contributed by atoms with Crippen LogP contribution >= 0.6 is 23.8 Å². The van der Waals surface area contributed by atoms with Crippen molar-refractivity contribution in [3.8, 4) is 5.69 Å². The van der Waals surface area contributed by atoms with Crippen molar-refractivity contribution in [2.45, 2.75) is 51.4 Å². The molecule has 2 aromatic heterocycles. The summed E-state index contributed by atoms with van der Waals surface area (Å²) in [6, 6.07) is 8.95. The van der Waals surface area contributed by atoms with Gasteiger partial charge < -0.3 is 19.6 Å². The van der Waals surface area contributed by atoms with Crippen molar-refractivity contribution in [3.05, 3.63) is 97.0 Å². The van der Waals surface area contributed by atoms with Gasteiger partial charge in [0.15, 0.2) is 0 Å². The van der Waals surface area contributed by atoms with Crippen LogP contribution in [-0.4, -0.2) is 65.4 Å². The predicted molar refractivity (Wildman–Crippen MR) is 169 cm³/mol. The Morgan fingerprint density at radius 1 is 1.12 bits per heavy atom. The van der Waals surface area contributed by atoms with Gasteiger partial charge in [-0.25, -0.2) is 9.08 Å². The highest BCUT2D eigenvalue weighted by Gasteiger charge is 2.37. The third-order valence-electron chi connectivity index (χ3n) is 8.57. The molecule has 2 aliphatic rings. The minimum Gasteiger partial charge on any atom is -0.330 e. The summed E-state index contributed by atoms with van der Waals surface area (Å²) in [5, 5.41) is 4.62. The number of amides is 2. The Kier molecular flexibility index (Phi) is 8.92. The molecule has 2 amide bonds. The van der Waals surface area contributed by atoms with Crippen molar-refractivity contribution in [2.75, 3.05) is 13.8 Å². The molecule has 12 nitrogen and oxygen atoms in total. The Hall–Kier alpha value is -3.82. The van der Waals surface area contributed by atoms with Crippen molar-refractivity contribution in [1.82, 2.24) is 24.0 Å². The van der Waals surface area contributed by atoms with E-state index in [0.717, 1.165) is 29.4 Å². The smallest absolute Gasteiger partial charge is 0.330 e. The zero-order chi connectivity index (χ0) is 34.7. The van der Waals surface area contributed by atoms with Crippen LogP contribution in [0.25, 0.3) is 11.3 Å². The Bertz CT molecular complexity index is 2040. The normalized spacial score (nSPS) is 16.7. The van der Waals surface area contributed by atoms with Crippen LogP contribution in [0.4, 0.5) is 13.2 Å². The summed E-state index contributed by atoms with van der Waals surface area (Å²) in [6.45, 7) is 1.03. The fraction of sp³-hybridized carbons (Fsp3) is 0.355. The molecule has 1 fully saturated rings. The summed E-state index contributed by atoms with van der Waals surface area (Å²) in [5.74, 6) is -0.740. The van der Waals surface area contributed by atoms with Gasteiger partial charge in [0.05, 0.1) is 29.7 Å². The largest absolute Gasteiger partial charge is 0.471 e. The van der Waals surface area contributed by atoms with Crippen molar-refractivity contribution in [2.24, 2.45) is 5.92 Å². The van der Waals surface area contributed by atoms with E-state index in [1.165, 1.54) is 40.8 Å². The first kappa shape index (κ1) is 34.1. The molecule has 254 valence electrons. The van der Waals surface area contributed by atoms with Crippen LogP contribution in [-0.2, 0) is 34.7 Å². The number of benzene rings is 2. The highest BCUT2D eigenvalue weighted by atomic mass is 79.9. The van der Waals surface area contributed by atoms with Gasteiger partial charge in [-0.1, -0.05) is 15.9 Å². The first-order valence-electron chi connectivity index (χ1n) is 14.9. The molecular weight excluding hydrogens is 722 g/mol. The fourth-order valence-electron chi connectivity index (χ4n) is 5.91. The Balaban J connectivity index is 1.38. The number of halogens is 4. The second-order valence-corrected chi connectivity index (χ2v) is 14.2. The third kappa shape index (κ3) is 6.72. The van der Waals surface area contributed by atoms with Crippen molar-refractivity contribution >= 4 is 41.2 Å². The van der Waals surface area contributed by atoms with Crippen LogP contribution in [0.5, 0.6) is 0 Å². The molecule has 0 unspecified atom stereocenters. The van der Waals surface area contributed by atoms with Gasteiger partial charge in [0.1, 0.15) is 12.4 Å². The van der Waals surface area contributed by atoms with Gasteiger partial charge in [-0.15, -0.1) is 0 Å². The van der Waals surface area contributed by atoms with Crippen LogP contribution in [0.2, 0.25) is 0 Å². The molecule has 1 aliphatic heterocycles.